The van der Waals surface area contributed by atoms with Gasteiger partial charge in [-0.25, -0.2) is 0 Å². The van der Waals surface area contributed by atoms with Gasteiger partial charge in [-0.15, -0.1) is 0 Å². The lowest BCUT2D eigenvalue weighted by Gasteiger charge is -2.40. The van der Waals surface area contributed by atoms with Crippen LogP contribution in [0.15, 0.2) is 24.3 Å². The van der Waals surface area contributed by atoms with E-state index < -0.39 is 49.5 Å². The van der Waals surface area contributed by atoms with Crippen LogP contribution in [0.3, 0.4) is 0 Å². The van der Waals surface area contributed by atoms with Gasteiger partial charge in [0.05, 0.1) is 25.4 Å². The minimum atomic E-state index is -1.55. The molecule has 0 aromatic rings. The van der Waals surface area contributed by atoms with Gasteiger partial charge in [0.25, 0.3) is 0 Å². The van der Waals surface area contributed by atoms with Crippen molar-refractivity contribution in [3.63, 3.8) is 0 Å². The zero-order valence-corrected chi connectivity index (χ0v) is 58.8. The molecule has 1 saturated heterocycles. The van der Waals surface area contributed by atoms with Crippen LogP contribution in [0.25, 0.3) is 0 Å². The van der Waals surface area contributed by atoms with Crippen molar-refractivity contribution in [3.8, 4) is 0 Å². The highest BCUT2D eigenvalue weighted by molar-refractivity contribution is 5.76. The highest BCUT2D eigenvalue weighted by Gasteiger charge is 2.44. The molecule has 1 aliphatic heterocycles. The van der Waals surface area contributed by atoms with Crippen molar-refractivity contribution in [2.45, 2.75) is 461 Å². The SMILES string of the molecule is CCCCCCC/C=C\C/C=C\CCCCCCCCCCCCCCCCCCCCCCCCCCCC(=O)NC(COC1OC(CO)C(O)C(O)C1O)C(O)CCCCCCCCCCCCCCCCCCCCCCCCCCCCCC. The summed E-state index contributed by atoms with van der Waals surface area (Å²) in [6, 6.07) is -0.718. The summed E-state index contributed by atoms with van der Waals surface area (Å²) in [7, 11) is 0. The Morgan fingerprint density at radius 3 is 0.977 bits per heavy atom. The van der Waals surface area contributed by atoms with Gasteiger partial charge in [0, 0.05) is 6.42 Å². The van der Waals surface area contributed by atoms with Crippen LogP contribution < -0.4 is 5.32 Å². The average Bonchev–Trinajstić information content (AvgIpc) is 3.29. The molecule has 88 heavy (non-hydrogen) atoms. The molecule has 9 nitrogen and oxygen atoms in total. The normalized spacial score (nSPS) is 17.9. The van der Waals surface area contributed by atoms with Gasteiger partial charge in [-0.05, 0) is 44.9 Å². The van der Waals surface area contributed by atoms with Gasteiger partial charge in [-0.1, -0.05) is 391 Å². The van der Waals surface area contributed by atoms with E-state index in [-0.39, 0.29) is 12.5 Å². The molecular formula is C79H153NO8. The van der Waals surface area contributed by atoms with Gasteiger partial charge in [-0.3, -0.25) is 4.79 Å². The number of ether oxygens (including phenoxy) is 2. The van der Waals surface area contributed by atoms with Gasteiger partial charge in [0.2, 0.25) is 5.91 Å². The Labute approximate surface area is 547 Å². The Bertz CT molecular complexity index is 1440. The first-order chi connectivity index (χ1) is 43.3. The van der Waals surface area contributed by atoms with Gasteiger partial charge in [0.15, 0.2) is 6.29 Å². The fourth-order valence-electron chi connectivity index (χ4n) is 13.1. The van der Waals surface area contributed by atoms with Gasteiger partial charge in [0.1, 0.15) is 24.4 Å². The van der Waals surface area contributed by atoms with Gasteiger partial charge >= 0.3 is 0 Å². The Hall–Kier alpha value is -1.33. The third-order valence-electron chi connectivity index (χ3n) is 19.3. The van der Waals surface area contributed by atoms with Crippen LogP contribution in [0.4, 0.5) is 0 Å². The van der Waals surface area contributed by atoms with E-state index >= 15 is 0 Å². The van der Waals surface area contributed by atoms with E-state index in [0.29, 0.717) is 12.8 Å². The molecule has 522 valence electrons. The van der Waals surface area contributed by atoms with E-state index in [1.807, 2.05) is 0 Å². The molecule has 0 radical (unpaired) electrons. The summed E-state index contributed by atoms with van der Waals surface area (Å²) in [5.74, 6) is -0.133. The summed E-state index contributed by atoms with van der Waals surface area (Å²) >= 11 is 0. The second-order valence-electron chi connectivity index (χ2n) is 27.9. The van der Waals surface area contributed by atoms with Crippen molar-refractivity contribution in [2.75, 3.05) is 13.2 Å². The van der Waals surface area contributed by atoms with Crippen LogP contribution in [-0.2, 0) is 14.3 Å². The van der Waals surface area contributed by atoms with E-state index in [0.717, 1.165) is 44.9 Å². The molecule has 0 spiro atoms. The zero-order valence-electron chi connectivity index (χ0n) is 58.8. The lowest BCUT2D eigenvalue weighted by Crippen LogP contribution is -2.60. The largest absolute Gasteiger partial charge is 0.394 e. The molecule has 7 atom stereocenters. The third-order valence-corrected chi connectivity index (χ3v) is 19.3. The standard InChI is InChI=1S/C79H153NO8/c1-3-5-7-9-11-13-15-17-19-21-23-25-27-29-31-33-34-35-36-37-38-39-40-41-43-45-47-49-51-53-55-57-59-61-63-65-67-69-75(83)80-72(71-87-79-78(86)77(85)76(84)74(70-81)88-79)73(82)68-66-64-62-60-58-56-54-52-50-48-46-44-42-32-30-28-26-24-22-20-18-16-14-12-10-8-6-4-2/h15,17,21,23,72-74,76-79,81-82,84-86H,3-14,16,18-20,22,24-71H2,1-2H3,(H,80,83)/b17-15-,23-21-. The second kappa shape index (κ2) is 68.5. The monoisotopic (exact) mass is 1240 g/mol. The number of aliphatic hydroxyl groups excluding tert-OH is 5. The molecule has 1 amide bonds. The number of allylic oxidation sites excluding steroid dienone is 4. The van der Waals surface area contributed by atoms with Crippen LogP contribution in [0.5, 0.6) is 0 Å². The average molecular weight is 1250 g/mol. The number of carbonyl (C=O) groups excluding carboxylic acids is 1. The van der Waals surface area contributed by atoms with Crippen molar-refractivity contribution in [1.29, 1.82) is 0 Å². The molecular weight excluding hydrogens is 1090 g/mol. The zero-order chi connectivity index (χ0) is 63.5. The summed E-state index contributed by atoms with van der Waals surface area (Å²) in [6.07, 6.45) is 84.3. The first-order valence-electron chi connectivity index (χ1n) is 39.5. The number of nitrogens with one attached hydrogen (secondary N) is 1. The Balaban J connectivity index is 2.04. The number of carbonyl (C=O) groups is 1. The number of aliphatic hydroxyl groups is 5. The summed E-state index contributed by atoms with van der Waals surface area (Å²) in [4.78, 5) is 13.2. The molecule has 1 heterocycles. The predicted octanol–water partition coefficient (Wildman–Crippen LogP) is 22.4. The molecule has 0 aliphatic carbocycles. The van der Waals surface area contributed by atoms with E-state index in [2.05, 4.69) is 43.5 Å². The number of amides is 1. The quantitative estimate of drug-likeness (QED) is 0.0261. The van der Waals surface area contributed by atoms with E-state index in [1.165, 1.54) is 347 Å². The molecule has 1 fully saturated rings. The number of unbranched alkanes of at least 4 members (excludes halogenated alkanes) is 57. The summed E-state index contributed by atoms with van der Waals surface area (Å²) in [5.41, 5.74) is 0. The Morgan fingerprint density at radius 1 is 0.386 bits per heavy atom. The molecule has 0 saturated carbocycles. The Morgan fingerprint density at radius 2 is 0.670 bits per heavy atom. The fraction of sp³-hybridized carbons (Fsp3) is 0.937. The maximum atomic E-state index is 13.2. The summed E-state index contributed by atoms with van der Waals surface area (Å²) < 4.78 is 11.4. The molecule has 1 rings (SSSR count). The van der Waals surface area contributed by atoms with Crippen molar-refractivity contribution >= 4 is 5.91 Å². The van der Waals surface area contributed by atoms with Crippen LogP contribution in [0.2, 0.25) is 0 Å². The maximum absolute atomic E-state index is 13.2. The van der Waals surface area contributed by atoms with Gasteiger partial charge < -0.3 is 40.3 Å². The number of hydrogen-bond donors (Lipinski definition) is 6. The van der Waals surface area contributed by atoms with E-state index in [1.54, 1.807) is 0 Å². The lowest BCUT2D eigenvalue weighted by molar-refractivity contribution is -0.302. The topological polar surface area (TPSA) is 149 Å². The molecule has 0 aromatic heterocycles. The smallest absolute Gasteiger partial charge is 0.220 e. The van der Waals surface area contributed by atoms with Crippen LogP contribution >= 0.6 is 0 Å². The molecule has 6 N–H and O–H groups in total. The Kier molecular flexibility index (Phi) is 65.9. The summed E-state index contributed by atoms with van der Waals surface area (Å²) in [6.45, 7) is 3.90. The van der Waals surface area contributed by atoms with Crippen molar-refractivity contribution in [1.82, 2.24) is 5.32 Å². The molecule has 0 aromatic carbocycles. The molecule has 0 bridgehead atoms. The van der Waals surface area contributed by atoms with Crippen molar-refractivity contribution < 1.29 is 39.8 Å². The van der Waals surface area contributed by atoms with Crippen molar-refractivity contribution in [2.24, 2.45) is 0 Å². The molecule has 7 unspecified atom stereocenters. The van der Waals surface area contributed by atoms with Crippen LogP contribution in [-0.4, -0.2) is 87.5 Å². The number of hydrogen-bond acceptors (Lipinski definition) is 8. The predicted molar refractivity (Wildman–Crippen MR) is 378 cm³/mol. The lowest BCUT2D eigenvalue weighted by atomic mass is 9.99. The maximum Gasteiger partial charge on any atom is 0.220 e. The highest BCUT2D eigenvalue weighted by Crippen LogP contribution is 2.24. The minimum Gasteiger partial charge on any atom is -0.394 e. The van der Waals surface area contributed by atoms with Gasteiger partial charge in [-0.2, -0.15) is 0 Å². The molecule has 1 aliphatic rings. The fourth-order valence-corrected chi connectivity index (χ4v) is 13.1. The van der Waals surface area contributed by atoms with Crippen LogP contribution in [0.1, 0.15) is 418 Å². The minimum absolute atomic E-state index is 0.132. The van der Waals surface area contributed by atoms with E-state index in [4.69, 9.17) is 9.47 Å². The van der Waals surface area contributed by atoms with Crippen molar-refractivity contribution in [3.05, 3.63) is 24.3 Å². The highest BCUT2D eigenvalue weighted by atomic mass is 16.7. The second-order valence-corrected chi connectivity index (χ2v) is 27.9. The first-order valence-corrected chi connectivity index (χ1v) is 39.5. The molecule has 9 heteroatoms. The number of rotatable bonds is 71. The van der Waals surface area contributed by atoms with Crippen LogP contribution in [0, 0.1) is 0 Å². The first kappa shape index (κ1) is 84.7. The third kappa shape index (κ3) is 56.2. The van der Waals surface area contributed by atoms with E-state index in [9.17, 15) is 30.3 Å². The summed E-state index contributed by atoms with van der Waals surface area (Å²) in [5, 5.41) is 55.1.